The van der Waals surface area contributed by atoms with Crippen LogP contribution >= 0.6 is 0 Å². The maximum Gasteiger partial charge on any atom is 0.329 e. The van der Waals surface area contributed by atoms with Crippen molar-refractivity contribution in [3.8, 4) is 0 Å². The molecule has 10 nitrogen and oxygen atoms in total. The molecule has 1 fully saturated rings. The molecule has 1 aromatic heterocycles. The van der Waals surface area contributed by atoms with Gasteiger partial charge in [0.05, 0.1) is 18.6 Å². The molecule has 5 atom stereocenters. The Bertz CT molecular complexity index is 1070. The first-order valence-corrected chi connectivity index (χ1v) is 13.2. The number of allylic oxidation sites excluding steroid dienone is 2. The minimum atomic E-state index is -0.947. The number of nitrogens with one attached hydrogen (secondary N) is 1. The Labute approximate surface area is 223 Å². The van der Waals surface area contributed by atoms with Crippen LogP contribution in [0.5, 0.6) is 0 Å². The molecule has 0 saturated carbocycles. The second kappa shape index (κ2) is 13.5. The van der Waals surface area contributed by atoms with E-state index in [4.69, 9.17) is 9.15 Å². The van der Waals surface area contributed by atoms with Gasteiger partial charge in [0.1, 0.15) is 18.4 Å². The van der Waals surface area contributed by atoms with Gasteiger partial charge in [-0.15, -0.1) is 0 Å². The number of aliphatic hydroxyl groups is 2. The lowest BCUT2D eigenvalue weighted by Gasteiger charge is -2.29. The summed E-state index contributed by atoms with van der Waals surface area (Å²) in [5.74, 6) is -1.29. The van der Waals surface area contributed by atoms with E-state index >= 15 is 0 Å². The number of hydrogen-bond acceptors (Lipinski definition) is 8. The quantitative estimate of drug-likeness (QED) is 0.471. The number of amides is 2. The van der Waals surface area contributed by atoms with Crippen LogP contribution in [0.2, 0.25) is 0 Å². The normalized spacial score (nSPS) is 31.7. The first kappa shape index (κ1) is 29.3. The zero-order valence-electron chi connectivity index (χ0n) is 22.5. The van der Waals surface area contributed by atoms with Gasteiger partial charge in [-0.2, -0.15) is 0 Å². The monoisotopic (exact) mass is 529 g/mol. The Hall–Kier alpha value is -3.24. The van der Waals surface area contributed by atoms with E-state index in [1.54, 1.807) is 24.3 Å². The van der Waals surface area contributed by atoms with Crippen molar-refractivity contribution < 1.29 is 33.8 Å². The second-order valence-electron chi connectivity index (χ2n) is 10.4. The number of ether oxygens (including phenoxy) is 1. The van der Waals surface area contributed by atoms with Crippen LogP contribution in [0.4, 0.5) is 0 Å². The molecular formula is C28H39N3O7. The van der Waals surface area contributed by atoms with Gasteiger partial charge in [0.15, 0.2) is 11.6 Å². The lowest BCUT2D eigenvalue weighted by Crippen LogP contribution is -2.44. The average Bonchev–Trinajstić information content (AvgIpc) is 3.52. The van der Waals surface area contributed by atoms with E-state index < -0.39 is 36.2 Å². The molecule has 0 aliphatic carbocycles. The number of carbonyl (C=O) groups is 3. The Morgan fingerprint density at radius 3 is 2.68 bits per heavy atom. The Morgan fingerprint density at radius 1 is 1.18 bits per heavy atom. The molecule has 38 heavy (non-hydrogen) atoms. The van der Waals surface area contributed by atoms with Gasteiger partial charge in [-0.1, -0.05) is 50.6 Å². The van der Waals surface area contributed by atoms with Crippen LogP contribution in [0.3, 0.4) is 0 Å². The van der Waals surface area contributed by atoms with Crippen molar-refractivity contribution in [3.63, 3.8) is 0 Å². The number of oxazole rings is 1. The van der Waals surface area contributed by atoms with E-state index in [2.05, 4.69) is 10.3 Å². The van der Waals surface area contributed by atoms with Crippen LogP contribution < -0.4 is 5.32 Å². The highest BCUT2D eigenvalue weighted by atomic mass is 16.5. The van der Waals surface area contributed by atoms with Crippen molar-refractivity contribution in [3.05, 3.63) is 53.8 Å². The first-order chi connectivity index (χ1) is 18.0. The fourth-order valence-corrected chi connectivity index (χ4v) is 4.77. The van der Waals surface area contributed by atoms with Crippen molar-refractivity contribution in [1.29, 1.82) is 0 Å². The van der Waals surface area contributed by atoms with Crippen molar-refractivity contribution >= 4 is 17.8 Å². The van der Waals surface area contributed by atoms with E-state index in [9.17, 15) is 24.6 Å². The van der Waals surface area contributed by atoms with Gasteiger partial charge in [-0.25, -0.2) is 9.78 Å². The molecule has 2 amide bonds. The Balaban J connectivity index is 1.85. The van der Waals surface area contributed by atoms with Crippen molar-refractivity contribution in [1.82, 2.24) is 15.2 Å². The standard InChI is InChI=1S/C28H39N3O7/c1-17(2)26-19(4)9-10-24(34)29-11-5-7-18(3)13-20(32)14-21(33)15-25-30-22(16-37-25)27(35)31-12-6-8-23(31)28(36)38-26/h5,7,9-10,13,16-17,19-21,23,26,32-33H,6,8,11-12,14-15H2,1-4H3,(H,29,34)/b7-5+,10-9+,18-13+/t19-,20-,21-,23-,26?/m1/s1. The highest BCUT2D eigenvalue weighted by molar-refractivity contribution is 5.95. The van der Waals surface area contributed by atoms with E-state index in [-0.39, 0.29) is 42.2 Å². The van der Waals surface area contributed by atoms with Gasteiger partial charge in [-0.05, 0) is 31.8 Å². The van der Waals surface area contributed by atoms with Crippen LogP contribution in [0.15, 0.2) is 46.6 Å². The number of fused-ring (bicyclic) bond motifs is 3. The zero-order chi connectivity index (χ0) is 27.8. The summed E-state index contributed by atoms with van der Waals surface area (Å²) in [6.45, 7) is 8.25. The third kappa shape index (κ3) is 8.13. The molecule has 1 aromatic rings. The molecule has 1 saturated heterocycles. The summed E-state index contributed by atoms with van der Waals surface area (Å²) in [6, 6.07) is -0.743. The summed E-state index contributed by atoms with van der Waals surface area (Å²) in [6.07, 6.45) is 8.37. The molecule has 10 heteroatoms. The van der Waals surface area contributed by atoms with E-state index in [0.717, 1.165) is 5.57 Å². The number of nitrogens with zero attached hydrogens (tertiary/aromatic N) is 2. The molecule has 3 rings (SSSR count). The predicted octanol–water partition coefficient (Wildman–Crippen LogP) is 2.33. The molecule has 2 aliphatic heterocycles. The number of aliphatic hydroxyl groups excluding tert-OH is 2. The van der Waals surface area contributed by atoms with Gasteiger partial charge in [0.25, 0.3) is 5.91 Å². The molecule has 208 valence electrons. The SMILES string of the molecule is CC1=C\[C@@H](O)C[C@@H](O)Cc2nc(co2)C(=O)N2CCC[C@@H]2C(=O)OC(C(C)C)[C@H](C)/C=C/C(=O)NC\C=C\1. The third-order valence-corrected chi connectivity index (χ3v) is 6.69. The summed E-state index contributed by atoms with van der Waals surface area (Å²) < 4.78 is 11.3. The minimum Gasteiger partial charge on any atom is -0.460 e. The fourth-order valence-electron chi connectivity index (χ4n) is 4.77. The topological polar surface area (TPSA) is 142 Å². The van der Waals surface area contributed by atoms with Crippen molar-refractivity contribution in [2.75, 3.05) is 13.1 Å². The van der Waals surface area contributed by atoms with Crippen LogP contribution in [0.1, 0.15) is 63.3 Å². The molecule has 2 aliphatic rings. The van der Waals surface area contributed by atoms with Crippen molar-refractivity contribution in [2.45, 2.75) is 77.7 Å². The highest BCUT2D eigenvalue weighted by Crippen LogP contribution is 2.25. The Kier molecular flexibility index (Phi) is 10.4. The van der Waals surface area contributed by atoms with Gasteiger partial charge in [0.2, 0.25) is 5.91 Å². The number of hydrogen-bond donors (Lipinski definition) is 3. The molecule has 3 heterocycles. The van der Waals surface area contributed by atoms with Crippen LogP contribution in [0.25, 0.3) is 0 Å². The lowest BCUT2D eigenvalue weighted by atomic mass is 9.94. The highest BCUT2D eigenvalue weighted by Gasteiger charge is 2.38. The minimum absolute atomic E-state index is 0.0146. The first-order valence-electron chi connectivity index (χ1n) is 13.2. The lowest BCUT2D eigenvalue weighted by molar-refractivity contribution is -0.158. The molecule has 3 N–H and O–H groups in total. The summed E-state index contributed by atoms with van der Waals surface area (Å²) in [5.41, 5.74) is 0.821. The van der Waals surface area contributed by atoms with Gasteiger partial charge >= 0.3 is 5.97 Å². The van der Waals surface area contributed by atoms with Crippen LogP contribution in [0, 0.1) is 11.8 Å². The predicted molar refractivity (Wildman–Crippen MR) is 140 cm³/mol. The number of aromatic nitrogens is 1. The number of esters is 1. The van der Waals surface area contributed by atoms with E-state index in [0.29, 0.717) is 25.9 Å². The molecule has 0 spiro atoms. The largest absolute Gasteiger partial charge is 0.460 e. The molecule has 0 radical (unpaired) electrons. The fraction of sp³-hybridized carbons (Fsp3) is 0.571. The molecular weight excluding hydrogens is 490 g/mol. The average molecular weight is 530 g/mol. The summed E-state index contributed by atoms with van der Waals surface area (Å²) in [5, 5.41) is 23.5. The molecule has 2 bridgehead atoms. The van der Waals surface area contributed by atoms with Crippen molar-refractivity contribution in [2.24, 2.45) is 11.8 Å². The summed E-state index contributed by atoms with van der Waals surface area (Å²) in [4.78, 5) is 44.3. The summed E-state index contributed by atoms with van der Waals surface area (Å²) in [7, 11) is 0. The molecule has 1 unspecified atom stereocenters. The Morgan fingerprint density at radius 2 is 1.95 bits per heavy atom. The van der Waals surface area contributed by atoms with E-state index in [1.807, 2.05) is 27.7 Å². The van der Waals surface area contributed by atoms with Crippen LogP contribution in [-0.4, -0.2) is 75.3 Å². The maximum absolute atomic E-state index is 13.2. The molecule has 0 aromatic carbocycles. The second-order valence-corrected chi connectivity index (χ2v) is 10.4. The van der Waals surface area contributed by atoms with Gasteiger partial charge in [0, 0.05) is 25.4 Å². The maximum atomic E-state index is 13.2. The number of carbonyl (C=O) groups excluding carboxylic acids is 3. The van der Waals surface area contributed by atoms with Gasteiger partial charge < -0.3 is 29.6 Å². The summed E-state index contributed by atoms with van der Waals surface area (Å²) >= 11 is 0. The number of cyclic esters (lactones) is 1. The van der Waals surface area contributed by atoms with E-state index in [1.165, 1.54) is 17.2 Å². The van der Waals surface area contributed by atoms with Gasteiger partial charge in [-0.3, -0.25) is 9.59 Å². The number of rotatable bonds is 1. The van der Waals surface area contributed by atoms with Crippen LogP contribution in [-0.2, 0) is 20.7 Å². The third-order valence-electron chi connectivity index (χ3n) is 6.69. The smallest absolute Gasteiger partial charge is 0.329 e. The zero-order valence-corrected chi connectivity index (χ0v) is 22.5.